The molecule has 0 unspecified atom stereocenters. The van der Waals surface area contributed by atoms with Gasteiger partial charge in [0.2, 0.25) is 0 Å². The first-order chi connectivity index (χ1) is 7.70. The molecule has 0 saturated heterocycles. The van der Waals surface area contributed by atoms with Crippen molar-refractivity contribution < 1.29 is 4.74 Å². The van der Waals surface area contributed by atoms with Gasteiger partial charge in [-0.2, -0.15) is 0 Å². The average Bonchev–Trinajstić information content (AvgIpc) is 2.32. The fourth-order valence-electron chi connectivity index (χ4n) is 1.43. The van der Waals surface area contributed by atoms with Gasteiger partial charge >= 0.3 is 0 Å². The van der Waals surface area contributed by atoms with Crippen molar-refractivity contribution >= 4 is 27.5 Å². The minimum atomic E-state index is 0.473. The van der Waals surface area contributed by atoms with E-state index in [9.17, 15) is 0 Å². The van der Waals surface area contributed by atoms with Crippen molar-refractivity contribution in [3.63, 3.8) is 0 Å². The minimum absolute atomic E-state index is 0.473. The summed E-state index contributed by atoms with van der Waals surface area (Å²) in [5, 5.41) is 0.473. The normalized spacial score (nSPS) is 10.2. The Morgan fingerprint density at radius 1 is 1.31 bits per heavy atom. The van der Waals surface area contributed by atoms with Crippen LogP contribution in [0, 0.1) is 0 Å². The molecular weight excluding hydrogens is 289 g/mol. The average molecular weight is 299 g/mol. The van der Waals surface area contributed by atoms with Crippen molar-refractivity contribution in [2.45, 2.75) is 0 Å². The van der Waals surface area contributed by atoms with Crippen LogP contribution < -0.4 is 4.74 Å². The lowest BCUT2D eigenvalue weighted by Crippen LogP contribution is -1.86. The van der Waals surface area contributed by atoms with Crippen LogP contribution in [0.15, 0.2) is 41.0 Å². The highest BCUT2D eigenvalue weighted by atomic mass is 79.9. The maximum absolute atomic E-state index is 5.88. The number of hydrogen-bond acceptors (Lipinski definition) is 2. The van der Waals surface area contributed by atoms with Gasteiger partial charge < -0.3 is 4.74 Å². The van der Waals surface area contributed by atoms with Crippen molar-refractivity contribution in [3.8, 4) is 16.9 Å². The Kier molecular flexibility index (Phi) is 3.46. The summed E-state index contributed by atoms with van der Waals surface area (Å²) < 4.78 is 6.09. The summed E-state index contributed by atoms with van der Waals surface area (Å²) >= 11 is 9.33. The molecule has 0 amide bonds. The van der Waals surface area contributed by atoms with E-state index in [1.807, 2.05) is 30.3 Å². The molecule has 2 nitrogen and oxygen atoms in total. The maximum Gasteiger partial charge on any atom is 0.129 e. The summed E-state index contributed by atoms with van der Waals surface area (Å²) in [7, 11) is 1.65. The Morgan fingerprint density at radius 2 is 2.12 bits per heavy atom. The van der Waals surface area contributed by atoms with E-state index in [4.69, 9.17) is 16.3 Å². The van der Waals surface area contributed by atoms with Gasteiger partial charge in [0, 0.05) is 16.2 Å². The highest BCUT2D eigenvalue weighted by Crippen LogP contribution is 2.31. The number of halogens is 2. The van der Waals surface area contributed by atoms with Gasteiger partial charge in [0.25, 0.3) is 0 Å². The van der Waals surface area contributed by atoms with Gasteiger partial charge in [-0.05, 0) is 39.7 Å². The quantitative estimate of drug-likeness (QED) is 0.776. The summed E-state index contributed by atoms with van der Waals surface area (Å²) in [5.74, 6) is 0.817. The molecule has 0 saturated carbocycles. The van der Waals surface area contributed by atoms with Crippen LogP contribution in [-0.2, 0) is 0 Å². The molecule has 2 rings (SSSR count). The summed E-state index contributed by atoms with van der Waals surface area (Å²) in [6.45, 7) is 0. The second kappa shape index (κ2) is 4.85. The molecule has 0 aliphatic heterocycles. The first-order valence-corrected chi connectivity index (χ1v) is 5.83. The van der Waals surface area contributed by atoms with Crippen molar-refractivity contribution in [1.82, 2.24) is 4.98 Å². The first-order valence-electron chi connectivity index (χ1n) is 4.66. The van der Waals surface area contributed by atoms with Crippen LogP contribution in [0.3, 0.4) is 0 Å². The van der Waals surface area contributed by atoms with Crippen molar-refractivity contribution in [1.29, 1.82) is 0 Å². The predicted molar refractivity (Wildman–Crippen MR) is 68.9 cm³/mol. The summed E-state index contributed by atoms with van der Waals surface area (Å²) in [5.41, 5.74) is 2.04. The second-order valence-electron chi connectivity index (χ2n) is 3.22. The van der Waals surface area contributed by atoms with Gasteiger partial charge in [-0.1, -0.05) is 23.7 Å². The number of hydrogen-bond donors (Lipinski definition) is 0. The largest absolute Gasteiger partial charge is 0.497 e. The van der Waals surface area contributed by atoms with E-state index in [1.165, 1.54) is 0 Å². The predicted octanol–water partition coefficient (Wildman–Crippen LogP) is 4.17. The fraction of sp³-hybridized carbons (Fsp3) is 0.0833. The van der Waals surface area contributed by atoms with Crippen molar-refractivity contribution in [2.24, 2.45) is 0 Å². The molecule has 0 spiro atoms. The number of benzene rings is 1. The third-order valence-corrected chi connectivity index (χ3v) is 3.04. The Bertz CT molecular complexity index is 516. The van der Waals surface area contributed by atoms with Gasteiger partial charge in [-0.25, -0.2) is 4.98 Å². The van der Waals surface area contributed by atoms with Gasteiger partial charge in [-0.3, -0.25) is 0 Å². The standard InChI is InChI=1S/C12H9BrClNO/c1-16-9-4-2-3-8(5-9)10-6-12(14)15-7-11(10)13/h2-7H,1H3. The number of aromatic nitrogens is 1. The summed E-state index contributed by atoms with van der Waals surface area (Å²) in [6, 6.07) is 9.62. The third kappa shape index (κ3) is 2.36. The molecular formula is C12H9BrClNO. The molecule has 0 N–H and O–H groups in total. The second-order valence-corrected chi connectivity index (χ2v) is 4.46. The lowest BCUT2D eigenvalue weighted by molar-refractivity contribution is 0.415. The number of rotatable bonds is 2. The SMILES string of the molecule is COc1cccc(-c2cc(Cl)ncc2Br)c1. The number of nitrogens with zero attached hydrogens (tertiary/aromatic N) is 1. The molecule has 0 fully saturated rings. The Balaban J connectivity index is 2.53. The highest BCUT2D eigenvalue weighted by Gasteiger charge is 2.05. The topological polar surface area (TPSA) is 22.1 Å². The smallest absolute Gasteiger partial charge is 0.129 e. The lowest BCUT2D eigenvalue weighted by Gasteiger charge is -2.06. The zero-order chi connectivity index (χ0) is 11.5. The molecule has 0 atom stereocenters. The van der Waals surface area contributed by atoms with Crippen LogP contribution in [0.2, 0.25) is 5.15 Å². The molecule has 1 aromatic carbocycles. The van der Waals surface area contributed by atoms with Crippen LogP contribution in [0.4, 0.5) is 0 Å². The van der Waals surface area contributed by atoms with Gasteiger partial charge in [0.05, 0.1) is 7.11 Å². The molecule has 82 valence electrons. The molecule has 1 heterocycles. The van der Waals surface area contributed by atoms with Gasteiger partial charge in [-0.15, -0.1) is 0 Å². The summed E-state index contributed by atoms with van der Waals surface area (Å²) in [4.78, 5) is 3.99. The number of pyridine rings is 1. The van der Waals surface area contributed by atoms with Crippen LogP contribution >= 0.6 is 27.5 Å². The Hall–Kier alpha value is -1.06. The number of ether oxygens (including phenoxy) is 1. The lowest BCUT2D eigenvalue weighted by atomic mass is 10.1. The van der Waals surface area contributed by atoms with E-state index >= 15 is 0 Å². The van der Waals surface area contributed by atoms with Gasteiger partial charge in [0.1, 0.15) is 10.9 Å². The fourth-order valence-corrected chi connectivity index (χ4v) is 2.03. The minimum Gasteiger partial charge on any atom is -0.497 e. The molecule has 16 heavy (non-hydrogen) atoms. The van der Waals surface area contributed by atoms with Crippen LogP contribution in [-0.4, -0.2) is 12.1 Å². The Labute approximate surface area is 107 Å². The molecule has 0 radical (unpaired) electrons. The monoisotopic (exact) mass is 297 g/mol. The number of methoxy groups -OCH3 is 1. The molecule has 0 aliphatic carbocycles. The summed E-state index contributed by atoms with van der Waals surface area (Å²) in [6.07, 6.45) is 1.69. The third-order valence-electron chi connectivity index (χ3n) is 2.20. The van der Waals surface area contributed by atoms with E-state index in [2.05, 4.69) is 20.9 Å². The van der Waals surface area contributed by atoms with E-state index in [1.54, 1.807) is 13.3 Å². The van der Waals surface area contributed by atoms with E-state index in [-0.39, 0.29) is 0 Å². The first kappa shape index (κ1) is 11.4. The molecule has 4 heteroatoms. The maximum atomic E-state index is 5.88. The molecule has 1 aromatic heterocycles. The Morgan fingerprint density at radius 3 is 2.88 bits per heavy atom. The zero-order valence-electron chi connectivity index (χ0n) is 8.58. The molecule has 0 aliphatic rings. The van der Waals surface area contributed by atoms with Crippen LogP contribution in [0.5, 0.6) is 5.75 Å². The molecule has 0 bridgehead atoms. The van der Waals surface area contributed by atoms with E-state index in [0.29, 0.717) is 5.15 Å². The van der Waals surface area contributed by atoms with Crippen LogP contribution in [0.1, 0.15) is 0 Å². The van der Waals surface area contributed by atoms with E-state index in [0.717, 1.165) is 21.3 Å². The van der Waals surface area contributed by atoms with E-state index < -0.39 is 0 Å². The highest BCUT2D eigenvalue weighted by molar-refractivity contribution is 9.10. The molecule has 2 aromatic rings. The van der Waals surface area contributed by atoms with Crippen molar-refractivity contribution in [2.75, 3.05) is 7.11 Å². The van der Waals surface area contributed by atoms with Gasteiger partial charge in [0.15, 0.2) is 0 Å². The zero-order valence-corrected chi connectivity index (χ0v) is 10.9. The van der Waals surface area contributed by atoms with Crippen LogP contribution in [0.25, 0.3) is 11.1 Å². The van der Waals surface area contributed by atoms with Crippen molar-refractivity contribution in [3.05, 3.63) is 46.2 Å².